The first kappa shape index (κ1) is 14.4. The Kier molecular flexibility index (Phi) is 3.21. The topological polar surface area (TPSA) is 75.5 Å². The number of rotatable bonds is 3. The van der Waals surface area contributed by atoms with E-state index in [2.05, 4.69) is 4.98 Å². The number of carbonyl (C=O) groups is 1. The van der Waals surface area contributed by atoms with Crippen molar-refractivity contribution in [3.8, 4) is 0 Å². The van der Waals surface area contributed by atoms with Crippen LogP contribution in [0.4, 0.5) is 0 Å². The van der Waals surface area contributed by atoms with E-state index in [0.29, 0.717) is 23.6 Å². The minimum Gasteiger partial charge on any atom is -0.481 e. The lowest BCUT2D eigenvalue weighted by atomic mass is 9.83. The van der Waals surface area contributed by atoms with Crippen LogP contribution in [0.25, 0.3) is 10.9 Å². The normalized spacial score (nSPS) is 20.6. The Hall–Kier alpha value is -2.24. The molecule has 5 nitrogen and oxygen atoms in total. The highest BCUT2D eigenvalue weighted by Gasteiger charge is 2.44. The minimum atomic E-state index is -1.09. The average molecular weight is 332 g/mol. The Morgan fingerprint density at radius 2 is 2.26 bits per heavy atom. The van der Waals surface area contributed by atoms with Gasteiger partial charge in [-0.1, -0.05) is 23.7 Å². The van der Waals surface area contributed by atoms with Crippen LogP contribution in [0.1, 0.15) is 23.2 Å². The van der Waals surface area contributed by atoms with Crippen molar-refractivity contribution in [1.29, 1.82) is 0 Å². The zero-order chi connectivity index (χ0) is 16.0. The van der Waals surface area contributed by atoms with Crippen molar-refractivity contribution in [2.45, 2.75) is 18.4 Å². The molecule has 1 atom stereocenters. The van der Waals surface area contributed by atoms with Gasteiger partial charge in [0.25, 0.3) is 0 Å². The van der Waals surface area contributed by atoms with Crippen LogP contribution in [0.3, 0.4) is 0 Å². The van der Waals surface area contributed by atoms with Crippen LogP contribution in [-0.2, 0) is 21.6 Å². The molecule has 2 N–H and O–H groups in total. The zero-order valence-corrected chi connectivity index (χ0v) is 12.9. The van der Waals surface area contributed by atoms with Gasteiger partial charge in [0.1, 0.15) is 5.60 Å². The molecule has 6 heteroatoms. The van der Waals surface area contributed by atoms with Gasteiger partial charge in [0.2, 0.25) is 0 Å². The SMILES string of the molecule is O=C(O)CC1(c2ccoc2)OCCc2c1[nH]c1c(Cl)cccc21. The Balaban J connectivity index is 2.02. The summed E-state index contributed by atoms with van der Waals surface area (Å²) in [5, 5.41) is 11.0. The number of benzene rings is 1. The fourth-order valence-corrected chi connectivity index (χ4v) is 3.64. The largest absolute Gasteiger partial charge is 0.481 e. The van der Waals surface area contributed by atoms with Gasteiger partial charge in [-0.3, -0.25) is 4.79 Å². The van der Waals surface area contributed by atoms with Crippen LogP contribution in [-0.4, -0.2) is 22.7 Å². The summed E-state index contributed by atoms with van der Waals surface area (Å²) in [7, 11) is 0. The van der Waals surface area contributed by atoms with Crippen LogP contribution in [0, 0.1) is 0 Å². The predicted molar refractivity (Wildman–Crippen MR) is 84.7 cm³/mol. The van der Waals surface area contributed by atoms with E-state index in [-0.39, 0.29) is 6.42 Å². The van der Waals surface area contributed by atoms with Crippen molar-refractivity contribution in [2.75, 3.05) is 6.61 Å². The summed E-state index contributed by atoms with van der Waals surface area (Å²) in [6.45, 7) is 0.435. The maximum absolute atomic E-state index is 11.5. The molecule has 4 rings (SSSR count). The quantitative estimate of drug-likeness (QED) is 0.767. The summed E-state index contributed by atoms with van der Waals surface area (Å²) in [6, 6.07) is 7.43. The molecule has 0 radical (unpaired) electrons. The van der Waals surface area contributed by atoms with Crippen LogP contribution in [0.15, 0.2) is 41.2 Å². The number of fused-ring (bicyclic) bond motifs is 3. The molecule has 0 amide bonds. The number of hydrogen-bond acceptors (Lipinski definition) is 3. The minimum absolute atomic E-state index is 0.191. The van der Waals surface area contributed by atoms with Crippen LogP contribution in [0.2, 0.25) is 5.02 Å². The molecular formula is C17H14ClNO4. The second-order valence-electron chi connectivity index (χ2n) is 5.65. The van der Waals surface area contributed by atoms with E-state index in [4.69, 9.17) is 20.8 Å². The first-order valence-electron chi connectivity index (χ1n) is 7.30. The summed E-state index contributed by atoms with van der Waals surface area (Å²) in [5.74, 6) is -0.941. The van der Waals surface area contributed by atoms with Gasteiger partial charge in [0.15, 0.2) is 0 Å². The van der Waals surface area contributed by atoms with Gasteiger partial charge in [-0.25, -0.2) is 0 Å². The Morgan fingerprint density at radius 3 is 3.00 bits per heavy atom. The van der Waals surface area contributed by atoms with E-state index in [1.807, 2.05) is 18.2 Å². The average Bonchev–Trinajstić information content (AvgIpc) is 3.15. The molecule has 0 fully saturated rings. The Morgan fingerprint density at radius 1 is 1.39 bits per heavy atom. The lowest BCUT2D eigenvalue weighted by Crippen LogP contribution is -2.38. The number of ether oxygens (including phenoxy) is 1. The first-order valence-corrected chi connectivity index (χ1v) is 7.67. The third kappa shape index (κ3) is 2.08. The van der Waals surface area contributed by atoms with E-state index in [1.54, 1.807) is 6.07 Å². The number of nitrogens with one attached hydrogen (secondary N) is 1. The maximum atomic E-state index is 11.5. The zero-order valence-electron chi connectivity index (χ0n) is 12.1. The smallest absolute Gasteiger partial charge is 0.307 e. The summed E-state index contributed by atoms with van der Waals surface area (Å²) in [6.07, 6.45) is 3.57. The van der Waals surface area contributed by atoms with E-state index in [0.717, 1.165) is 22.2 Å². The summed E-state index contributed by atoms with van der Waals surface area (Å²) in [5.41, 5.74) is 2.20. The van der Waals surface area contributed by atoms with Crippen molar-refractivity contribution in [3.05, 3.63) is 58.6 Å². The molecular weight excluding hydrogens is 318 g/mol. The number of furan rings is 1. The standard InChI is InChI=1S/C17H14ClNO4/c18-13-3-1-2-11-12-5-7-23-17(8-14(20)21,10-4-6-22-9-10)16(12)19-15(11)13/h1-4,6,9,19H,5,7-8H2,(H,20,21). The molecule has 1 aromatic carbocycles. The highest BCUT2D eigenvalue weighted by Crippen LogP contribution is 2.44. The van der Waals surface area contributed by atoms with E-state index >= 15 is 0 Å². The van der Waals surface area contributed by atoms with Gasteiger partial charge in [0, 0.05) is 10.9 Å². The lowest BCUT2D eigenvalue weighted by molar-refractivity contribution is -0.144. The summed E-state index contributed by atoms with van der Waals surface area (Å²) in [4.78, 5) is 14.8. The number of aromatic nitrogens is 1. The fourth-order valence-electron chi connectivity index (χ4n) is 3.42. The molecule has 0 spiro atoms. The number of hydrogen-bond donors (Lipinski definition) is 2. The number of aliphatic carboxylic acids is 1. The van der Waals surface area contributed by atoms with Gasteiger partial charge in [-0.05, 0) is 24.1 Å². The first-order chi connectivity index (χ1) is 11.1. The molecule has 0 aliphatic carbocycles. The highest BCUT2D eigenvalue weighted by molar-refractivity contribution is 6.35. The fraction of sp³-hybridized carbons (Fsp3) is 0.235. The number of aromatic amines is 1. The second kappa shape index (κ2) is 5.15. The Bertz CT molecular complexity index is 884. The second-order valence-corrected chi connectivity index (χ2v) is 6.06. The van der Waals surface area contributed by atoms with Crippen LogP contribution in [0.5, 0.6) is 0 Å². The molecule has 3 heterocycles. The predicted octanol–water partition coefficient (Wildman–Crippen LogP) is 3.71. The number of carboxylic acid groups (broad SMARTS) is 1. The summed E-state index contributed by atoms with van der Waals surface area (Å²) < 4.78 is 11.2. The molecule has 1 aliphatic rings. The molecule has 0 bridgehead atoms. The molecule has 118 valence electrons. The Labute approximate surface area is 136 Å². The van der Waals surface area contributed by atoms with Gasteiger partial charge in [0.05, 0.1) is 41.8 Å². The molecule has 1 unspecified atom stereocenters. The molecule has 1 aliphatic heterocycles. The number of halogens is 1. The number of para-hydroxylation sites is 1. The number of carboxylic acids is 1. The van der Waals surface area contributed by atoms with E-state index < -0.39 is 11.6 Å². The monoisotopic (exact) mass is 331 g/mol. The molecule has 3 aromatic rings. The number of H-pyrrole nitrogens is 1. The van der Waals surface area contributed by atoms with Crippen molar-refractivity contribution in [2.24, 2.45) is 0 Å². The van der Waals surface area contributed by atoms with Crippen molar-refractivity contribution >= 4 is 28.5 Å². The van der Waals surface area contributed by atoms with Crippen molar-refractivity contribution in [3.63, 3.8) is 0 Å². The van der Waals surface area contributed by atoms with E-state index in [1.165, 1.54) is 12.5 Å². The van der Waals surface area contributed by atoms with Gasteiger partial charge in [-0.15, -0.1) is 0 Å². The lowest BCUT2D eigenvalue weighted by Gasteiger charge is -2.35. The molecule has 0 saturated heterocycles. The van der Waals surface area contributed by atoms with Crippen LogP contribution >= 0.6 is 11.6 Å². The third-order valence-corrected chi connectivity index (χ3v) is 4.70. The maximum Gasteiger partial charge on any atom is 0.307 e. The third-order valence-electron chi connectivity index (χ3n) is 4.38. The molecule has 2 aromatic heterocycles. The summed E-state index contributed by atoms with van der Waals surface area (Å²) >= 11 is 6.29. The van der Waals surface area contributed by atoms with Crippen LogP contribution < -0.4 is 0 Å². The van der Waals surface area contributed by atoms with Gasteiger partial charge < -0.3 is 19.2 Å². The van der Waals surface area contributed by atoms with Crippen molar-refractivity contribution < 1.29 is 19.1 Å². The van der Waals surface area contributed by atoms with Crippen molar-refractivity contribution in [1.82, 2.24) is 4.98 Å². The van der Waals surface area contributed by atoms with E-state index in [9.17, 15) is 9.90 Å². The van der Waals surface area contributed by atoms with Gasteiger partial charge >= 0.3 is 5.97 Å². The molecule has 23 heavy (non-hydrogen) atoms. The molecule has 0 saturated carbocycles. The highest BCUT2D eigenvalue weighted by atomic mass is 35.5. The van der Waals surface area contributed by atoms with Gasteiger partial charge in [-0.2, -0.15) is 0 Å².